The van der Waals surface area contributed by atoms with Gasteiger partial charge < -0.3 is 4.90 Å². The van der Waals surface area contributed by atoms with Crippen LogP contribution in [0.5, 0.6) is 0 Å². The van der Waals surface area contributed by atoms with E-state index in [1.54, 1.807) is 32.1 Å². The van der Waals surface area contributed by atoms with E-state index in [0.29, 0.717) is 17.6 Å². The molecule has 1 N–H and O–H groups in total. The number of imidazole rings is 1. The molecule has 1 aromatic heterocycles. The summed E-state index contributed by atoms with van der Waals surface area (Å²) in [6.07, 6.45) is 0.0502. The minimum atomic E-state index is -3.80. The van der Waals surface area contributed by atoms with E-state index in [2.05, 4.69) is 4.72 Å². The molecular weight excluding hydrogens is 392 g/mol. The third kappa shape index (κ3) is 4.41. The van der Waals surface area contributed by atoms with E-state index in [1.807, 2.05) is 30.3 Å². The number of benzene rings is 2. The predicted octanol–water partition coefficient (Wildman–Crippen LogP) is 1.20. The van der Waals surface area contributed by atoms with E-state index in [0.717, 1.165) is 5.56 Å². The van der Waals surface area contributed by atoms with Crippen molar-refractivity contribution < 1.29 is 13.2 Å². The first-order chi connectivity index (χ1) is 13.7. The lowest BCUT2D eigenvalue weighted by atomic mass is 10.2. The zero-order valence-electron chi connectivity index (χ0n) is 16.6. The molecule has 0 fully saturated rings. The zero-order valence-corrected chi connectivity index (χ0v) is 17.4. The van der Waals surface area contributed by atoms with Crippen molar-refractivity contribution in [1.29, 1.82) is 0 Å². The molecule has 2 aromatic carbocycles. The van der Waals surface area contributed by atoms with Crippen molar-refractivity contribution in [3.05, 3.63) is 64.6 Å². The number of aryl methyl sites for hydroxylation is 2. The molecule has 0 aliphatic rings. The van der Waals surface area contributed by atoms with Gasteiger partial charge in [-0.3, -0.25) is 13.9 Å². The zero-order chi connectivity index (χ0) is 21.2. The van der Waals surface area contributed by atoms with Crippen molar-refractivity contribution >= 4 is 27.0 Å². The Kier molecular flexibility index (Phi) is 5.90. The first-order valence-corrected chi connectivity index (χ1v) is 10.6. The Labute approximate surface area is 169 Å². The topological polar surface area (TPSA) is 93.4 Å². The average molecular weight is 417 g/mol. The molecule has 3 rings (SSSR count). The highest BCUT2D eigenvalue weighted by Crippen LogP contribution is 2.17. The Bertz CT molecular complexity index is 1200. The standard InChI is InChI=1S/C20H24N4O4S/c1-22(14-15-7-5-4-6-8-15)19(25)11-12-21-29(27,28)16-9-10-17-18(13-16)24(3)20(26)23(17)2/h4-10,13,21H,11-12,14H2,1-3H3. The highest BCUT2D eigenvalue weighted by molar-refractivity contribution is 7.89. The second kappa shape index (κ2) is 8.22. The number of hydrogen-bond acceptors (Lipinski definition) is 4. The minimum Gasteiger partial charge on any atom is -0.341 e. The second-order valence-corrected chi connectivity index (χ2v) is 8.70. The molecule has 8 nitrogen and oxygen atoms in total. The van der Waals surface area contributed by atoms with Gasteiger partial charge in [0.25, 0.3) is 0 Å². The average Bonchev–Trinajstić information content (AvgIpc) is 2.92. The summed E-state index contributed by atoms with van der Waals surface area (Å²) in [7, 11) is 1.12. The molecule has 0 radical (unpaired) electrons. The monoisotopic (exact) mass is 416 g/mol. The Hall–Kier alpha value is -2.91. The number of carbonyl (C=O) groups excluding carboxylic acids is 1. The number of aromatic nitrogens is 2. The Morgan fingerprint density at radius 3 is 2.38 bits per heavy atom. The molecule has 0 aliphatic carbocycles. The molecule has 0 atom stereocenters. The fourth-order valence-corrected chi connectivity index (χ4v) is 4.22. The second-order valence-electron chi connectivity index (χ2n) is 6.93. The molecule has 0 aliphatic heterocycles. The highest BCUT2D eigenvalue weighted by atomic mass is 32.2. The van der Waals surface area contributed by atoms with Gasteiger partial charge in [0.05, 0.1) is 15.9 Å². The summed E-state index contributed by atoms with van der Waals surface area (Å²) in [5.41, 5.74) is 1.95. The van der Waals surface area contributed by atoms with Crippen LogP contribution in [0.1, 0.15) is 12.0 Å². The van der Waals surface area contributed by atoms with Crippen molar-refractivity contribution in [2.45, 2.75) is 17.9 Å². The van der Waals surface area contributed by atoms with Crippen LogP contribution in [0.25, 0.3) is 11.0 Å². The number of sulfonamides is 1. The van der Waals surface area contributed by atoms with Gasteiger partial charge in [-0.2, -0.15) is 0 Å². The van der Waals surface area contributed by atoms with Gasteiger partial charge in [0, 0.05) is 40.7 Å². The van der Waals surface area contributed by atoms with Crippen LogP contribution in [0, 0.1) is 0 Å². The molecule has 1 amide bonds. The molecule has 0 unspecified atom stereocenters. The summed E-state index contributed by atoms with van der Waals surface area (Å²) in [5.74, 6) is -0.155. The number of fused-ring (bicyclic) bond motifs is 1. The summed E-state index contributed by atoms with van der Waals surface area (Å²) < 4.78 is 30.5. The Balaban J connectivity index is 1.64. The number of amides is 1. The summed E-state index contributed by atoms with van der Waals surface area (Å²) in [4.78, 5) is 25.9. The maximum absolute atomic E-state index is 12.6. The lowest BCUT2D eigenvalue weighted by Gasteiger charge is -2.17. The van der Waals surface area contributed by atoms with Gasteiger partial charge in [0.15, 0.2) is 0 Å². The van der Waals surface area contributed by atoms with Crippen LogP contribution < -0.4 is 10.4 Å². The number of nitrogens with zero attached hydrogens (tertiary/aromatic N) is 3. The van der Waals surface area contributed by atoms with Gasteiger partial charge in [-0.15, -0.1) is 0 Å². The number of nitrogens with one attached hydrogen (secondary N) is 1. The van der Waals surface area contributed by atoms with Crippen LogP contribution in [-0.4, -0.2) is 42.0 Å². The maximum atomic E-state index is 12.6. The third-order valence-corrected chi connectivity index (χ3v) is 6.33. The summed E-state index contributed by atoms with van der Waals surface area (Å²) in [5, 5.41) is 0. The lowest BCUT2D eigenvalue weighted by Crippen LogP contribution is -2.32. The van der Waals surface area contributed by atoms with Crippen molar-refractivity contribution in [2.75, 3.05) is 13.6 Å². The Morgan fingerprint density at radius 1 is 1.03 bits per heavy atom. The third-order valence-electron chi connectivity index (χ3n) is 4.87. The number of carbonyl (C=O) groups is 1. The first-order valence-electron chi connectivity index (χ1n) is 9.14. The van der Waals surface area contributed by atoms with Crippen molar-refractivity contribution in [3.8, 4) is 0 Å². The molecule has 0 saturated carbocycles. The minimum absolute atomic E-state index is 0.00788. The molecule has 0 spiro atoms. The van der Waals surface area contributed by atoms with E-state index in [-0.39, 0.29) is 29.5 Å². The van der Waals surface area contributed by atoms with Crippen molar-refractivity contribution in [3.63, 3.8) is 0 Å². The molecule has 0 saturated heterocycles. The van der Waals surface area contributed by atoms with Crippen LogP contribution in [0.15, 0.2) is 58.2 Å². The van der Waals surface area contributed by atoms with Gasteiger partial charge in [0.2, 0.25) is 15.9 Å². The summed E-state index contributed by atoms with van der Waals surface area (Å²) in [6.45, 7) is 0.456. The Morgan fingerprint density at radius 2 is 1.69 bits per heavy atom. The summed E-state index contributed by atoms with van der Waals surface area (Å²) >= 11 is 0. The number of hydrogen-bond donors (Lipinski definition) is 1. The van der Waals surface area contributed by atoms with E-state index < -0.39 is 10.0 Å². The van der Waals surface area contributed by atoms with Crippen LogP contribution in [0.2, 0.25) is 0 Å². The van der Waals surface area contributed by atoms with E-state index >= 15 is 0 Å². The van der Waals surface area contributed by atoms with E-state index in [9.17, 15) is 18.0 Å². The molecule has 29 heavy (non-hydrogen) atoms. The van der Waals surface area contributed by atoms with Crippen molar-refractivity contribution in [2.24, 2.45) is 14.1 Å². The lowest BCUT2D eigenvalue weighted by molar-refractivity contribution is -0.130. The first kappa shape index (κ1) is 20.8. The van der Waals surface area contributed by atoms with Gasteiger partial charge in [-0.25, -0.2) is 17.9 Å². The fourth-order valence-electron chi connectivity index (χ4n) is 3.17. The summed E-state index contributed by atoms with van der Waals surface area (Å²) in [6, 6.07) is 14.1. The van der Waals surface area contributed by atoms with Crippen LogP contribution >= 0.6 is 0 Å². The van der Waals surface area contributed by atoms with Crippen molar-refractivity contribution in [1.82, 2.24) is 18.8 Å². The van der Waals surface area contributed by atoms with E-state index in [1.165, 1.54) is 21.3 Å². The highest BCUT2D eigenvalue weighted by Gasteiger charge is 2.18. The predicted molar refractivity (Wildman–Crippen MR) is 111 cm³/mol. The SMILES string of the molecule is CN(Cc1ccccc1)C(=O)CCNS(=O)(=O)c1ccc2c(c1)n(C)c(=O)n2C. The maximum Gasteiger partial charge on any atom is 0.328 e. The normalized spacial score (nSPS) is 11.7. The molecular formula is C20H24N4O4S. The van der Waals surface area contributed by atoms with Crippen LogP contribution in [0.4, 0.5) is 0 Å². The quantitative estimate of drug-likeness (QED) is 0.626. The van der Waals surface area contributed by atoms with Gasteiger partial charge in [-0.05, 0) is 23.8 Å². The molecule has 1 heterocycles. The largest absolute Gasteiger partial charge is 0.341 e. The van der Waals surface area contributed by atoms with Gasteiger partial charge >= 0.3 is 5.69 Å². The number of rotatable bonds is 7. The van der Waals surface area contributed by atoms with Crippen LogP contribution in [0.3, 0.4) is 0 Å². The van der Waals surface area contributed by atoms with Gasteiger partial charge in [0.1, 0.15) is 0 Å². The van der Waals surface area contributed by atoms with Crippen LogP contribution in [-0.2, 0) is 35.5 Å². The smallest absolute Gasteiger partial charge is 0.328 e. The molecule has 3 aromatic rings. The molecule has 9 heteroatoms. The van der Waals surface area contributed by atoms with E-state index in [4.69, 9.17) is 0 Å². The molecule has 154 valence electrons. The molecule has 0 bridgehead atoms. The van der Waals surface area contributed by atoms with Gasteiger partial charge in [-0.1, -0.05) is 30.3 Å². The fraction of sp³-hybridized carbons (Fsp3) is 0.300.